The number of fused-ring (bicyclic) bond motifs is 1. The number of halogens is 3. The zero-order valence-corrected chi connectivity index (χ0v) is 11.3. The van der Waals surface area contributed by atoms with Gasteiger partial charge >= 0.3 is 0 Å². The third-order valence-corrected chi connectivity index (χ3v) is 4.47. The van der Waals surface area contributed by atoms with E-state index >= 15 is 0 Å². The molecule has 0 fully saturated rings. The van der Waals surface area contributed by atoms with E-state index in [0.717, 1.165) is 33.8 Å². The van der Waals surface area contributed by atoms with Gasteiger partial charge in [0.2, 0.25) is 0 Å². The highest BCUT2D eigenvalue weighted by Crippen LogP contribution is 2.38. The summed E-state index contributed by atoms with van der Waals surface area (Å²) in [5, 5.41) is 2.19. The molecule has 2 aromatic carbocycles. The number of hydrogen-bond acceptors (Lipinski definition) is 1. The molecule has 0 amide bonds. The molecule has 1 atom stereocenters. The highest BCUT2D eigenvalue weighted by atomic mass is 35.5. The second-order valence-corrected chi connectivity index (χ2v) is 5.56. The number of hydrogen-bond donors (Lipinski definition) is 0. The minimum atomic E-state index is -0.688. The van der Waals surface area contributed by atoms with E-state index in [0.29, 0.717) is 0 Å². The van der Waals surface area contributed by atoms with Crippen molar-refractivity contribution in [1.29, 1.82) is 0 Å². The lowest BCUT2D eigenvalue weighted by Crippen LogP contribution is -1.97. The zero-order valence-electron chi connectivity index (χ0n) is 9.74. The lowest BCUT2D eigenvalue weighted by atomic mass is 10.0. The van der Waals surface area contributed by atoms with Gasteiger partial charge in [-0.25, -0.2) is 8.78 Å². The van der Waals surface area contributed by atoms with E-state index in [2.05, 4.69) is 0 Å². The molecule has 0 bridgehead atoms. The molecule has 19 heavy (non-hydrogen) atoms. The summed E-state index contributed by atoms with van der Waals surface area (Å²) < 4.78 is 28.1. The van der Waals surface area contributed by atoms with Crippen LogP contribution >= 0.6 is 22.9 Å². The van der Waals surface area contributed by atoms with Gasteiger partial charge in [0.05, 0.1) is 5.38 Å². The molecule has 3 aromatic rings. The molecule has 4 heteroatoms. The Bertz CT molecular complexity index is 736. The van der Waals surface area contributed by atoms with Gasteiger partial charge in [0.25, 0.3) is 0 Å². The summed E-state index contributed by atoms with van der Waals surface area (Å²) in [4.78, 5) is 0. The van der Waals surface area contributed by atoms with E-state index in [4.69, 9.17) is 11.6 Å². The Labute approximate surface area is 118 Å². The first-order chi connectivity index (χ1) is 9.16. The third kappa shape index (κ3) is 2.24. The van der Waals surface area contributed by atoms with Crippen molar-refractivity contribution in [3.8, 4) is 0 Å². The van der Waals surface area contributed by atoms with Crippen LogP contribution in [-0.4, -0.2) is 0 Å². The van der Waals surface area contributed by atoms with Gasteiger partial charge < -0.3 is 0 Å². The topological polar surface area (TPSA) is 0 Å². The fourth-order valence-corrected chi connectivity index (χ4v) is 3.48. The van der Waals surface area contributed by atoms with Crippen LogP contribution in [0.15, 0.2) is 47.8 Å². The quantitative estimate of drug-likeness (QED) is 0.547. The SMILES string of the molecule is Fc1ccc(F)c(C(Cl)c2csc3ccccc23)c1. The molecule has 1 aromatic heterocycles. The number of thiophene rings is 1. The van der Waals surface area contributed by atoms with Crippen molar-refractivity contribution in [3.05, 3.63) is 70.6 Å². The van der Waals surface area contributed by atoms with Crippen LogP contribution < -0.4 is 0 Å². The number of benzene rings is 2. The molecular formula is C15H9ClF2S. The molecule has 0 aliphatic rings. The maximum atomic E-state index is 13.8. The van der Waals surface area contributed by atoms with Crippen molar-refractivity contribution in [1.82, 2.24) is 0 Å². The lowest BCUT2D eigenvalue weighted by Gasteiger charge is -2.10. The first-order valence-corrected chi connectivity index (χ1v) is 7.03. The number of alkyl halides is 1. The Morgan fingerprint density at radius 2 is 1.79 bits per heavy atom. The van der Waals surface area contributed by atoms with E-state index in [9.17, 15) is 8.78 Å². The molecule has 96 valence electrons. The molecule has 0 nitrogen and oxygen atoms in total. The summed E-state index contributed by atoms with van der Waals surface area (Å²) in [7, 11) is 0. The van der Waals surface area contributed by atoms with Crippen molar-refractivity contribution >= 4 is 33.0 Å². The molecule has 0 saturated carbocycles. The maximum absolute atomic E-state index is 13.8. The zero-order chi connectivity index (χ0) is 13.4. The summed E-state index contributed by atoms with van der Waals surface area (Å²) in [5.41, 5.74) is 0.983. The number of rotatable bonds is 2. The van der Waals surface area contributed by atoms with Crippen molar-refractivity contribution in [2.24, 2.45) is 0 Å². The van der Waals surface area contributed by atoms with E-state index in [1.54, 1.807) is 11.3 Å². The Morgan fingerprint density at radius 3 is 2.63 bits per heavy atom. The van der Waals surface area contributed by atoms with Crippen molar-refractivity contribution in [2.45, 2.75) is 5.38 Å². The van der Waals surface area contributed by atoms with Crippen LogP contribution in [0, 0.1) is 11.6 Å². The molecule has 0 aliphatic heterocycles. The fourth-order valence-electron chi connectivity index (χ4n) is 2.07. The molecule has 1 heterocycles. The Hall–Kier alpha value is -1.45. The van der Waals surface area contributed by atoms with Crippen LogP contribution in [0.4, 0.5) is 8.78 Å². The van der Waals surface area contributed by atoms with E-state index in [1.165, 1.54) is 0 Å². The largest absolute Gasteiger partial charge is 0.207 e. The van der Waals surface area contributed by atoms with Gasteiger partial charge in [-0.15, -0.1) is 22.9 Å². The lowest BCUT2D eigenvalue weighted by molar-refractivity contribution is 0.587. The summed E-state index contributed by atoms with van der Waals surface area (Å²) >= 11 is 7.88. The smallest absolute Gasteiger partial charge is 0.128 e. The molecule has 0 aliphatic carbocycles. The minimum absolute atomic E-state index is 0.171. The van der Waals surface area contributed by atoms with Gasteiger partial charge in [0.15, 0.2) is 0 Å². The second-order valence-electron chi connectivity index (χ2n) is 4.22. The van der Waals surface area contributed by atoms with Crippen molar-refractivity contribution in [2.75, 3.05) is 0 Å². The van der Waals surface area contributed by atoms with Gasteiger partial charge in [0.1, 0.15) is 11.6 Å². The molecule has 0 N–H and O–H groups in total. The average Bonchev–Trinajstić information content (AvgIpc) is 2.84. The average molecular weight is 295 g/mol. The first-order valence-electron chi connectivity index (χ1n) is 5.72. The monoisotopic (exact) mass is 294 g/mol. The Balaban J connectivity index is 2.13. The summed E-state index contributed by atoms with van der Waals surface area (Å²) in [5.74, 6) is -0.974. The minimum Gasteiger partial charge on any atom is -0.207 e. The predicted octanol–water partition coefficient (Wildman–Crippen LogP) is 5.51. The van der Waals surface area contributed by atoms with Gasteiger partial charge in [-0.2, -0.15) is 0 Å². The maximum Gasteiger partial charge on any atom is 0.128 e. The standard InChI is InChI=1S/C15H9ClF2S/c16-15(11-7-9(17)5-6-13(11)18)12-8-19-14-4-2-1-3-10(12)14/h1-8,15H. The van der Waals surface area contributed by atoms with Crippen LogP contribution in [0.25, 0.3) is 10.1 Å². The first kappa shape index (κ1) is 12.6. The molecule has 0 saturated heterocycles. The Morgan fingerprint density at radius 1 is 1.00 bits per heavy atom. The van der Waals surface area contributed by atoms with Crippen LogP contribution in [0.5, 0.6) is 0 Å². The normalized spacial score (nSPS) is 12.8. The summed E-state index contributed by atoms with van der Waals surface area (Å²) in [6.45, 7) is 0. The second kappa shape index (κ2) is 4.91. The molecule has 1 unspecified atom stereocenters. The molecule has 0 radical (unpaired) electrons. The highest BCUT2D eigenvalue weighted by Gasteiger charge is 2.19. The summed E-state index contributed by atoms with van der Waals surface area (Å²) in [6.07, 6.45) is 0. The van der Waals surface area contributed by atoms with Crippen LogP contribution in [0.1, 0.15) is 16.5 Å². The van der Waals surface area contributed by atoms with Crippen LogP contribution in [0.2, 0.25) is 0 Å². The van der Waals surface area contributed by atoms with Crippen LogP contribution in [-0.2, 0) is 0 Å². The van der Waals surface area contributed by atoms with Crippen LogP contribution in [0.3, 0.4) is 0 Å². The van der Waals surface area contributed by atoms with Gasteiger partial charge in [0, 0.05) is 10.3 Å². The van der Waals surface area contributed by atoms with Gasteiger partial charge in [-0.05, 0) is 40.6 Å². The van der Waals surface area contributed by atoms with Gasteiger partial charge in [-0.3, -0.25) is 0 Å². The highest BCUT2D eigenvalue weighted by molar-refractivity contribution is 7.17. The third-order valence-electron chi connectivity index (χ3n) is 3.02. The Kier molecular flexibility index (Phi) is 3.25. The molecule has 0 spiro atoms. The summed E-state index contributed by atoms with van der Waals surface area (Å²) in [6, 6.07) is 11.1. The predicted molar refractivity (Wildman–Crippen MR) is 75.9 cm³/mol. The molecule has 3 rings (SSSR count). The van der Waals surface area contributed by atoms with Crippen molar-refractivity contribution < 1.29 is 8.78 Å². The van der Waals surface area contributed by atoms with E-state index < -0.39 is 17.0 Å². The fraction of sp³-hybridized carbons (Fsp3) is 0.0667. The van der Waals surface area contributed by atoms with Crippen molar-refractivity contribution in [3.63, 3.8) is 0 Å². The van der Waals surface area contributed by atoms with E-state index in [-0.39, 0.29) is 5.56 Å². The van der Waals surface area contributed by atoms with E-state index in [1.807, 2.05) is 29.6 Å². The molecular weight excluding hydrogens is 286 g/mol. The van der Waals surface area contributed by atoms with Gasteiger partial charge in [-0.1, -0.05) is 18.2 Å².